The number of hydrogen-bond acceptors (Lipinski definition) is 2. The Kier molecular flexibility index (Phi) is 4.15. The SMILES string of the molecule is Cc1cc(O)c(/C(=C/c2ccccc2)c2ccccc2)cc1O. The van der Waals surface area contributed by atoms with Gasteiger partial charge in [-0.1, -0.05) is 60.7 Å². The molecule has 0 radical (unpaired) electrons. The number of phenols is 2. The topological polar surface area (TPSA) is 40.5 Å². The molecule has 0 aliphatic rings. The van der Waals surface area contributed by atoms with Crippen molar-refractivity contribution in [1.29, 1.82) is 0 Å². The van der Waals surface area contributed by atoms with Crippen LogP contribution in [0.2, 0.25) is 0 Å². The maximum Gasteiger partial charge on any atom is 0.123 e. The molecule has 0 saturated heterocycles. The van der Waals surface area contributed by atoms with Gasteiger partial charge in [-0.05, 0) is 47.4 Å². The van der Waals surface area contributed by atoms with Gasteiger partial charge in [0.25, 0.3) is 0 Å². The Balaban J connectivity index is 2.21. The molecule has 0 amide bonds. The fourth-order valence-electron chi connectivity index (χ4n) is 2.55. The van der Waals surface area contributed by atoms with E-state index in [0.29, 0.717) is 11.1 Å². The predicted molar refractivity (Wildman–Crippen MR) is 94.4 cm³/mol. The molecule has 2 heteroatoms. The molecule has 0 spiro atoms. The molecule has 114 valence electrons. The molecule has 3 aromatic carbocycles. The summed E-state index contributed by atoms with van der Waals surface area (Å²) < 4.78 is 0. The summed E-state index contributed by atoms with van der Waals surface area (Å²) in [6.07, 6.45) is 2.01. The van der Waals surface area contributed by atoms with Crippen LogP contribution in [0.15, 0.2) is 72.8 Å². The van der Waals surface area contributed by atoms with Gasteiger partial charge in [-0.2, -0.15) is 0 Å². The molecular weight excluding hydrogens is 284 g/mol. The summed E-state index contributed by atoms with van der Waals surface area (Å²) in [7, 11) is 0. The molecule has 0 saturated carbocycles. The van der Waals surface area contributed by atoms with Crippen molar-refractivity contribution in [1.82, 2.24) is 0 Å². The van der Waals surface area contributed by atoms with Crippen molar-refractivity contribution in [3.63, 3.8) is 0 Å². The van der Waals surface area contributed by atoms with E-state index in [1.54, 1.807) is 19.1 Å². The highest BCUT2D eigenvalue weighted by Crippen LogP contribution is 2.36. The van der Waals surface area contributed by atoms with Gasteiger partial charge < -0.3 is 10.2 Å². The van der Waals surface area contributed by atoms with Crippen molar-refractivity contribution >= 4 is 11.6 Å². The molecule has 23 heavy (non-hydrogen) atoms. The van der Waals surface area contributed by atoms with E-state index < -0.39 is 0 Å². The van der Waals surface area contributed by atoms with E-state index in [-0.39, 0.29) is 11.5 Å². The van der Waals surface area contributed by atoms with Crippen molar-refractivity contribution in [2.45, 2.75) is 6.92 Å². The largest absolute Gasteiger partial charge is 0.508 e. The Bertz CT molecular complexity index is 834. The lowest BCUT2D eigenvalue weighted by molar-refractivity contribution is 0.455. The van der Waals surface area contributed by atoms with Gasteiger partial charge in [0.15, 0.2) is 0 Å². The van der Waals surface area contributed by atoms with Crippen molar-refractivity contribution in [3.05, 3.63) is 95.1 Å². The number of benzene rings is 3. The van der Waals surface area contributed by atoms with Gasteiger partial charge in [0.1, 0.15) is 11.5 Å². The number of rotatable bonds is 3. The van der Waals surface area contributed by atoms with Crippen molar-refractivity contribution in [2.75, 3.05) is 0 Å². The average Bonchev–Trinajstić information content (AvgIpc) is 2.58. The Morgan fingerprint density at radius 1 is 0.783 bits per heavy atom. The molecule has 2 N–H and O–H groups in total. The minimum atomic E-state index is 0.159. The van der Waals surface area contributed by atoms with Crippen LogP contribution >= 0.6 is 0 Å². The summed E-state index contributed by atoms with van der Waals surface area (Å²) >= 11 is 0. The standard InChI is InChI=1S/C21H18O2/c1-15-12-21(23)19(14-20(15)22)18(17-10-6-3-7-11-17)13-16-8-4-2-5-9-16/h2-14,22-23H,1H3/b18-13+. The smallest absolute Gasteiger partial charge is 0.123 e. The lowest BCUT2D eigenvalue weighted by atomic mass is 9.94. The van der Waals surface area contributed by atoms with Crippen LogP contribution < -0.4 is 0 Å². The van der Waals surface area contributed by atoms with Crippen LogP contribution in [-0.2, 0) is 0 Å². The first-order valence-electron chi connectivity index (χ1n) is 7.50. The van der Waals surface area contributed by atoms with Gasteiger partial charge in [-0.3, -0.25) is 0 Å². The maximum atomic E-state index is 10.4. The summed E-state index contributed by atoms with van der Waals surface area (Å²) in [5.74, 6) is 0.332. The second-order valence-corrected chi connectivity index (χ2v) is 5.49. The van der Waals surface area contributed by atoms with E-state index >= 15 is 0 Å². The third-order valence-electron chi connectivity index (χ3n) is 3.80. The van der Waals surface area contributed by atoms with Gasteiger partial charge in [0.2, 0.25) is 0 Å². The number of aryl methyl sites for hydroxylation is 1. The molecule has 3 rings (SSSR count). The summed E-state index contributed by atoms with van der Waals surface area (Å²) in [5.41, 5.74) is 4.15. The Morgan fingerprint density at radius 3 is 2.04 bits per heavy atom. The molecular formula is C21H18O2. The molecule has 0 bridgehead atoms. The van der Waals surface area contributed by atoms with E-state index in [4.69, 9.17) is 0 Å². The minimum absolute atomic E-state index is 0.159. The minimum Gasteiger partial charge on any atom is -0.508 e. The molecule has 0 aliphatic heterocycles. The summed E-state index contributed by atoms with van der Waals surface area (Å²) in [6, 6.07) is 23.0. The summed E-state index contributed by atoms with van der Waals surface area (Å²) in [4.78, 5) is 0. The highest BCUT2D eigenvalue weighted by molar-refractivity contribution is 5.93. The van der Waals surface area contributed by atoms with Crippen LogP contribution in [0.5, 0.6) is 11.5 Å². The second-order valence-electron chi connectivity index (χ2n) is 5.49. The van der Waals surface area contributed by atoms with Crippen LogP contribution in [0.3, 0.4) is 0 Å². The van der Waals surface area contributed by atoms with Crippen LogP contribution in [0.25, 0.3) is 11.6 Å². The summed E-state index contributed by atoms with van der Waals surface area (Å²) in [5, 5.41) is 20.4. The van der Waals surface area contributed by atoms with E-state index in [2.05, 4.69) is 0 Å². The molecule has 2 nitrogen and oxygen atoms in total. The zero-order valence-corrected chi connectivity index (χ0v) is 12.9. The molecule has 0 heterocycles. The Labute approximate surface area is 136 Å². The van der Waals surface area contributed by atoms with Crippen molar-refractivity contribution < 1.29 is 10.2 Å². The van der Waals surface area contributed by atoms with Gasteiger partial charge in [0.05, 0.1) is 0 Å². The normalized spacial score (nSPS) is 11.4. The third-order valence-corrected chi connectivity index (χ3v) is 3.80. The van der Waals surface area contributed by atoms with Gasteiger partial charge >= 0.3 is 0 Å². The van der Waals surface area contributed by atoms with E-state index in [0.717, 1.165) is 16.7 Å². The van der Waals surface area contributed by atoms with Crippen LogP contribution in [0.1, 0.15) is 22.3 Å². The fraction of sp³-hybridized carbons (Fsp3) is 0.0476. The first kappa shape index (κ1) is 14.9. The predicted octanol–water partition coefficient (Wildman–Crippen LogP) is 5.00. The Morgan fingerprint density at radius 2 is 1.39 bits per heavy atom. The number of phenolic OH excluding ortho intramolecular Hbond substituents is 2. The maximum absolute atomic E-state index is 10.4. The molecule has 0 unspecified atom stereocenters. The fourth-order valence-corrected chi connectivity index (χ4v) is 2.55. The van der Waals surface area contributed by atoms with E-state index in [1.807, 2.05) is 66.7 Å². The van der Waals surface area contributed by atoms with Crippen molar-refractivity contribution in [3.8, 4) is 11.5 Å². The molecule has 3 aromatic rings. The average molecular weight is 302 g/mol. The molecule has 0 fully saturated rings. The third kappa shape index (κ3) is 3.27. The van der Waals surface area contributed by atoms with Crippen LogP contribution in [0.4, 0.5) is 0 Å². The lowest BCUT2D eigenvalue weighted by Gasteiger charge is -2.13. The van der Waals surface area contributed by atoms with Crippen LogP contribution in [-0.4, -0.2) is 10.2 Å². The Hall–Kier alpha value is -3.00. The zero-order chi connectivity index (χ0) is 16.2. The van der Waals surface area contributed by atoms with E-state index in [1.165, 1.54) is 0 Å². The van der Waals surface area contributed by atoms with E-state index in [9.17, 15) is 10.2 Å². The number of aromatic hydroxyl groups is 2. The van der Waals surface area contributed by atoms with Crippen LogP contribution in [0, 0.1) is 6.92 Å². The summed E-state index contributed by atoms with van der Waals surface area (Å²) in [6.45, 7) is 1.77. The molecule has 0 atom stereocenters. The first-order chi connectivity index (χ1) is 11.1. The highest BCUT2D eigenvalue weighted by atomic mass is 16.3. The van der Waals surface area contributed by atoms with Gasteiger partial charge in [0, 0.05) is 5.56 Å². The van der Waals surface area contributed by atoms with Crippen molar-refractivity contribution in [2.24, 2.45) is 0 Å². The first-order valence-corrected chi connectivity index (χ1v) is 7.50. The second kappa shape index (κ2) is 6.41. The quantitative estimate of drug-likeness (QED) is 0.528. The zero-order valence-electron chi connectivity index (χ0n) is 12.9. The molecule has 0 aliphatic carbocycles. The number of hydrogen-bond donors (Lipinski definition) is 2. The molecule has 0 aromatic heterocycles. The monoisotopic (exact) mass is 302 g/mol. The highest BCUT2D eigenvalue weighted by Gasteiger charge is 2.12. The lowest BCUT2D eigenvalue weighted by Crippen LogP contribution is -1.90. The van der Waals surface area contributed by atoms with Gasteiger partial charge in [-0.25, -0.2) is 0 Å². The van der Waals surface area contributed by atoms with Gasteiger partial charge in [-0.15, -0.1) is 0 Å².